The van der Waals surface area contributed by atoms with Crippen LogP contribution in [0.5, 0.6) is 0 Å². The number of amides is 1. The Bertz CT molecular complexity index is 724. The molecule has 0 saturated carbocycles. The van der Waals surface area contributed by atoms with E-state index in [4.69, 9.17) is 4.84 Å². The molecular weight excluding hydrogens is 382 g/mol. The molecule has 7 atom stereocenters. The largest absolute Gasteiger partial charge is 0.477 e. The third kappa shape index (κ3) is 3.17. The molecule has 0 radical (unpaired) electrons. The molecule has 0 aromatic rings. The number of hydroxylamine groups is 3. The first-order chi connectivity index (χ1) is 13.1. The van der Waals surface area contributed by atoms with Crippen molar-refractivity contribution in [2.45, 2.75) is 56.2 Å². The Hall–Kier alpha value is -1.13. The van der Waals surface area contributed by atoms with Gasteiger partial charge in [-0.1, -0.05) is 6.92 Å². The van der Waals surface area contributed by atoms with E-state index in [2.05, 4.69) is 19.4 Å². The van der Waals surface area contributed by atoms with Crippen molar-refractivity contribution in [2.24, 2.45) is 11.8 Å². The second-order valence-electron chi connectivity index (χ2n) is 8.99. The summed E-state index contributed by atoms with van der Waals surface area (Å²) >= 11 is 1.59. The van der Waals surface area contributed by atoms with Gasteiger partial charge >= 0.3 is 5.97 Å². The van der Waals surface area contributed by atoms with Gasteiger partial charge in [0.05, 0.1) is 32.2 Å². The van der Waals surface area contributed by atoms with Crippen molar-refractivity contribution in [1.82, 2.24) is 10.2 Å². The fourth-order valence-electron chi connectivity index (χ4n) is 5.15. The summed E-state index contributed by atoms with van der Waals surface area (Å²) < 4.78 is 0.575. The highest BCUT2D eigenvalue weighted by atomic mass is 32.2. The number of carbonyl (C=O) groups is 2. The molecule has 4 aliphatic rings. The van der Waals surface area contributed by atoms with Crippen LogP contribution in [0.25, 0.3) is 0 Å². The van der Waals surface area contributed by atoms with Gasteiger partial charge in [-0.25, -0.2) is 4.79 Å². The molecule has 28 heavy (non-hydrogen) atoms. The number of aliphatic carboxylic acids is 1. The molecule has 156 valence electrons. The summed E-state index contributed by atoms with van der Waals surface area (Å²) in [6, 6.07) is 0.0226. The number of carbonyl (C=O) groups excluding carboxylic acids is 1. The SMILES string of the molecule is C[C@@H](O)[C@H]1C(=O)N2C(C(=O)O)=C(S[C@@H]3CN[C@H](C4CC[N+](C)(C)O4)C3)[C@H](C)[C@H]12. The van der Waals surface area contributed by atoms with Crippen LogP contribution < -0.4 is 5.32 Å². The number of carboxylic acid groups (broad SMARTS) is 1. The van der Waals surface area contributed by atoms with Gasteiger partial charge in [-0.15, -0.1) is 11.8 Å². The molecule has 9 heteroatoms. The third-order valence-corrected chi connectivity index (χ3v) is 8.06. The van der Waals surface area contributed by atoms with Crippen molar-refractivity contribution in [3.63, 3.8) is 0 Å². The molecule has 0 aromatic carbocycles. The van der Waals surface area contributed by atoms with Gasteiger partial charge in [0.25, 0.3) is 0 Å². The maximum absolute atomic E-state index is 12.4. The van der Waals surface area contributed by atoms with Crippen LogP contribution in [0.1, 0.15) is 26.7 Å². The lowest BCUT2D eigenvalue weighted by atomic mass is 9.79. The maximum Gasteiger partial charge on any atom is 0.353 e. The van der Waals surface area contributed by atoms with E-state index in [0.717, 1.165) is 30.8 Å². The Morgan fingerprint density at radius 3 is 2.71 bits per heavy atom. The van der Waals surface area contributed by atoms with E-state index in [0.29, 0.717) is 4.65 Å². The zero-order valence-corrected chi connectivity index (χ0v) is 17.6. The summed E-state index contributed by atoms with van der Waals surface area (Å²) in [5.41, 5.74) is 0.114. The molecule has 3 N–H and O–H groups in total. The standard InChI is InChI=1S/C19H29N3O5S/c1-9-15-14(10(2)23)18(24)21(15)16(19(25)26)17(9)28-11-7-12(20-8-11)13-5-6-22(3,4)27-13/h9-15,20,23H,5-8H2,1-4H3/p+1/t9-,10-,11+,12+,13?,14-,15-/m1/s1. The second-order valence-corrected chi connectivity index (χ2v) is 10.3. The smallest absolute Gasteiger partial charge is 0.353 e. The fourth-order valence-corrected chi connectivity index (χ4v) is 6.64. The minimum absolute atomic E-state index is 0.0780. The van der Waals surface area contributed by atoms with Gasteiger partial charge in [-0.2, -0.15) is 9.48 Å². The highest BCUT2D eigenvalue weighted by Crippen LogP contribution is 2.52. The van der Waals surface area contributed by atoms with Crippen molar-refractivity contribution < 1.29 is 29.3 Å². The number of nitrogens with one attached hydrogen (secondary N) is 1. The summed E-state index contributed by atoms with van der Waals surface area (Å²) in [6.07, 6.45) is 1.34. The maximum atomic E-state index is 12.4. The highest BCUT2D eigenvalue weighted by Gasteiger charge is 2.60. The number of nitrogens with zero attached hydrogens (tertiary/aromatic N) is 2. The Morgan fingerprint density at radius 1 is 1.43 bits per heavy atom. The third-order valence-electron chi connectivity index (χ3n) is 6.55. The topological polar surface area (TPSA) is 99.1 Å². The van der Waals surface area contributed by atoms with Crippen molar-refractivity contribution in [2.75, 3.05) is 27.2 Å². The molecule has 0 aromatic heterocycles. The van der Waals surface area contributed by atoms with Crippen LogP contribution >= 0.6 is 11.8 Å². The van der Waals surface area contributed by atoms with Gasteiger partial charge in [0.1, 0.15) is 18.3 Å². The molecule has 3 fully saturated rings. The zero-order chi connectivity index (χ0) is 20.4. The van der Waals surface area contributed by atoms with Gasteiger partial charge in [-0.05, 0) is 13.3 Å². The Balaban J connectivity index is 1.47. The molecule has 1 amide bonds. The van der Waals surface area contributed by atoms with E-state index in [1.54, 1.807) is 18.7 Å². The van der Waals surface area contributed by atoms with E-state index in [1.165, 1.54) is 4.90 Å². The van der Waals surface area contributed by atoms with Crippen molar-refractivity contribution in [3.8, 4) is 0 Å². The van der Waals surface area contributed by atoms with E-state index in [1.807, 2.05) is 6.92 Å². The number of hydrogen-bond donors (Lipinski definition) is 3. The normalized spacial score (nSPS) is 40.6. The fraction of sp³-hybridized carbons (Fsp3) is 0.789. The number of quaternary nitrogens is 1. The van der Waals surface area contributed by atoms with Crippen LogP contribution in [0.2, 0.25) is 0 Å². The highest BCUT2D eigenvalue weighted by molar-refractivity contribution is 8.03. The Kier molecular flexibility index (Phi) is 5.03. The van der Waals surface area contributed by atoms with Crippen LogP contribution in [-0.2, 0) is 14.4 Å². The van der Waals surface area contributed by atoms with Gasteiger partial charge in [0, 0.05) is 35.1 Å². The predicted octanol–water partition coefficient (Wildman–Crippen LogP) is 0.384. The van der Waals surface area contributed by atoms with Gasteiger partial charge in [0.2, 0.25) is 5.91 Å². The summed E-state index contributed by atoms with van der Waals surface area (Å²) in [7, 11) is 4.12. The van der Waals surface area contributed by atoms with Gasteiger partial charge < -0.3 is 20.4 Å². The van der Waals surface area contributed by atoms with E-state index in [9.17, 15) is 19.8 Å². The first-order valence-corrected chi connectivity index (χ1v) is 10.9. The average molecular weight is 413 g/mol. The zero-order valence-electron chi connectivity index (χ0n) is 16.8. The number of hydrogen-bond acceptors (Lipinski definition) is 6. The summed E-state index contributed by atoms with van der Waals surface area (Å²) in [6.45, 7) is 5.36. The molecule has 0 spiro atoms. The van der Waals surface area contributed by atoms with Crippen molar-refractivity contribution in [1.29, 1.82) is 0 Å². The number of β-lactam (4-membered cyclic amide) rings is 1. The predicted molar refractivity (Wildman–Crippen MR) is 104 cm³/mol. The Labute approximate surface area is 169 Å². The Morgan fingerprint density at radius 2 is 2.14 bits per heavy atom. The first kappa shape index (κ1) is 20.2. The van der Waals surface area contributed by atoms with Crippen molar-refractivity contribution >= 4 is 23.6 Å². The lowest BCUT2D eigenvalue weighted by molar-refractivity contribution is -1.06. The summed E-state index contributed by atoms with van der Waals surface area (Å²) in [5, 5.41) is 23.5. The van der Waals surface area contributed by atoms with E-state index < -0.39 is 18.0 Å². The second kappa shape index (κ2) is 6.98. The van der Waals surface area contributed by atoms with Crippen LogP contribution in [0.15, 0.2) is 10.6 Å². The van der Waals surface area contributed by atoms with Gasteiger partial charge in [-0.3, -0.25) is 4.79 Å². The van der Waals surface area contributed by atoms with Crippen LogP contribution in [0.4, 0.5) is 0 Å². The molecule has 8 nitrogen and oxygen atoms in total. The number of aliphatic hydroxyl groups is 1. The lowest BCUT2D eigenvalue weighted by Crippen LogP contribution is -2.63. The van der Waals surface area contributed by atoms with E-state index in [-0.39, 0.29) is 41.0 Å². The number of thioether (sulfide) groups is 1. The summed E-state index contributed by atoms with van der Waals surface area (Å²) in [5.74, 6) is -1.92. The number of aliphatic hydroxyl groups excluding tert-OH is 1. The molecular formula is C19H30N3O5S+. The minimum Gasteiger partial charge on any atom is -0.477 e. The molecule has 1 unspecified atom stereocenters. The molecule has 0 aliphatic carbocycles. The first-order valence-electron chi connectivity index (χ1n) is 10.0. The number of fused-ring (bicyclic) bond motifs is 1. The molecule has 0 bridgehead atoms. The monoisotopic (exact) mass is 412 g/mol. The number of rotatable bonds is 5. The quantitative estimate of drug-likeness (QED) is 0.444. The molecule has 4 heterocycles. The average Bonchev–Trinajstić information content (AvgIpc) is 3.25. The van der Waals surface area contributed by atoms with Crippen LogP contribution in [0.3, 0.4) is 0 Å². The number of carboxylic acids is 1. The summed E-state index contributed by atoms with van der Waals surface area (Å²) in [4.78, 5) is 32.6. The minimum atomic E-state index is -1.06. The lowest BCUT2D eigenvalue weighted by Gasteiger charge is -2.46. The van der Waals surface area contributed by atoms with Crippen LogP contribution in [0, 0.1) is 11.8 Å². The van der Waals surface area contributed by atoms with Crippen molar-refractivity contribution in [3.05, 3.63) is 10.6 Å². The molecule has 4 aliphatic heterocycles. The molecule has 4 rings (SSSR count). The van der Waals surface area contributed by atoms with E-state index >= 15 is 0 Å². The van der Waals surface area contributed by atoms with Gasteiger partial charge in [0.15, 0.2) is 0 Å². The van der Waals surface area contributed by atoms with Crippen LogP contribution in [-0.4, -0.2) is 88.4 Å². The molecule has 3 saturated heterocycles.